The molecular formula is C39H70O6. The Balaban J connectivity index is 3.64. The highest BCUT2D eigenvalue weighted by Crippen LogP contribution is 2.14. The van der Waals surface area contributed by atoms with E-state index in [1.54, 1.807) is 6.08 Å². The van der Waals surface area contributed by atoms with Gasteiger partial charge in [0.25, 0.3) is 0 Å². The van der Waals surface area contributed by atoms with Crippen molar-refractivity contribution in [2.45, 2.75) is 193 Å². The van der Waals surface area contributed by atoms with Gasteiger partial charge in [-0.15, -0.1) is 0 Å². The number of allylic oxidation sites excluding steroid dienone is 4. The van der Waals surface area contributed by atoms with Crippen LogP contribution >= 0.6 is 0 Å². The summed E-state index contributed by atoms with van der Waals surface area (Å²) in [7, 11) is 0. The van der Waals surface area contributed by atoms with Crippen LogP contribution < -0.4 is 0 Å². The maximum Gasteiger partial charge on any atom is 0.306 e. The van der Waals surface area contributed by atoms with Crippen molar-refractivity contribution in [3.8, 4) is 0 Å². The number of carbonyl (C=O) groups excluding carboxylic acids is 3. The largest absolute Gasteiger partial charge is 0.462 e. The maximum absolute atomic E-state index is 12.1. The first-order chi connectivity index (χ1) is 22.0. The van der Waals surface area contributed by atoms with E-state index in [9.17, 15) is 19.5 Å². The summed E-state index contributed by atoms with van der Waals surface area (Å²) in [5.41, 5.74) is 0. The Bertz CT molecular complexity index is 744. The molecule has 0 aromatic heterocycles. The van der Waals surface area contributed by atoms with E-state index in [4.69, 9.17) is 9.47 Å². The highest BCUT2D eigenvalue weighted by molar-refractivity contribution is 5.89. The van der Waals surface area contributed by atoms with Gasteiger partial charge in [-0.05, 0) is 38.2 Å². The number of hydrogen-bond acceptors (Lipinski definition) is 6. The van der Waals surface area contributed by atoms with Crippen molar-refractivity contribution in [1.82, 2.24) is 0 Å². The first-order valence-corrected chi connectivity index (χ1v) is 18.8. The molecule has 262 valence electrons. The Hall–Kier alpha value is -1.95. The molecule has 6 heteroatoms. The van der Waals surface area contributed by atoms with E-state index in [1.165, 1.54) is 96.3 Å². The molecule has 0 fully saturated rings. The monoisotopic (exact) mass is 635 g/mol. The molecule has 0 radical (unpaired) electrons. The molecule has 0 aromatic carbocycles. The van der Waals surface area contributed by atoms with E-state index in [2.05, 4.69) is 19.9 Å². The van der Waals surface area contributed by atoms with E-state index in [1.807, 2.05) is 12.2 Å². The number of ether oxygens (including phenoxy) is 2. The molecule has 45 heavy (non-hydrogen) atoms. The second kappa shape index (κ2) is 34.9. The molecule has 0 aromatic rings. The Morgan fingerprint density at radius 1 is 0.556 bits per heavy atom. The van der Waals surface area contributed by atoms with Gasteiger partial charge in [-0.2, -0.15) is 0 Å². The summed E-state index contributed by atoms with van der Waals surface area (Å²) in [5.74, 6) is -0.523. The average Bonchev–Trinajstić information content (AvgIpc) is 3.03. The standard InChI is InChI=1S/C39H70O6/c1-3-5-7-9-11-12-13-14-15-16-17-18-20-24-28-32-38(42)44-35-37(34-40)45-39(43)33-29-25-21-23-27-31-36(41)30-26-22-19-10-8-6-4-2/h19,22,26,30,37,40H,3-18,20-21,23-25,27-29,31-35H2,1-2H3/b22-19-,30-26+/t37-/m0/s1. The van der Waals surface area contributed by atoms with E-state index in [0.717, 1.165) is 51.4 Å². The zero-order chi connectivity index (χ0) is 33.1. The summed E-state index contributed by atoms with van der Waals surface area (Å²) in [4.78, 5) is 36.1. The van der Waals surface area contributed by atoms with Crippen LogP contribution in [0, 0.1) is 0 Å². The molecule has 0 saturated carbocycles. The minimum atomic E-state index is -0.812. The van der Waals surface area contributed by atoms with Crippen molar-refractivity contribution in [1.29, 1.82) is 0 Å². The second-order valence-electron chi connectivity index (χ2n) is 12.7. The molecule has 0 spiro atoms. The van der Waals surface area contributed by atoms with Gasteiger partial charge in [0.15, 0.2) is 11.9 Å². The summed E-state index contributed by atoms with van der Waals surface area (Å²) in [6, 6.07) is 0. The highest BCUT2D eigenvalue weighted by atomic mass is 16.6. The number of aliphatic hydroxyl groups is 1. The van der Waals surface area contributed by atoms with E-state index < -0.39 is 6.10 Å². The molecule has 0 saturated heterocycles. The maximum atomic E-state index is 12.1. The van der Waals surface area contributed by atoms with Gasteiger partial charge in [0, 0.05) is 19.3 Å². The van der Waals surface area contributed by atoms with Crippen LogP contribution in [-0.2, 0) is 23.9 Å². The van der Waals surface area contributed by atoms with Crippen molar-refractivity contribution in [2.24, 2.45) is 0 Å². The summed E-state index contributed by atoms with van der Waals surface area (Å²) >= 11 is 0. The number of unbranched alkanes of at least 4 members (excludes halogenated alkanes) is 21. The lowest BCUT2D eigenvalue weighted by atomic mass is 10.0. The van der Waals surface area contributed by atoms with Crippen molar-refractivity contribution < 1.29 is 29.0 Å². The molecule has 0 heterocycles. The minimum Gasteiger partial charge on any atom is -0.462 e. The third-order valence-electron chi connectivity index (χ3n) is 8.22. The Kier molecular flexibility index (Phi) is 33.4. The van der Waals surface area contributed by atoms with Crippen LogP contribution in [0.5, 0.6) is 0 Å². The normalized spacial score (nSPS) is 12.2. The van der Waals surface area contributed by atoms with Gasteiger partial charge in [-0.25, -0.2) is 0 Å². The fourth-order valence-corrected chi connectivity index (χ4v) is 5.30. The van der Waals surface area contributed by atoms with Crippen LogP contribution in [-0.4, -0.2) is 42.1 Å². The summed E-state index contributed by atoms with van der Waals surface area (Å²) in [6.07, 6.45) is 36.2. The number of esters is 2. The average molecular weight is 635 g/mol. The predicted octanol–water partition coefficient (Wildman–Crippen LogP) is 10.7. The Morgan fingerprint density at radius 3 is 1.51 bits per heavy atom. The zero-order valence-electron chi connectivity index (χ0n) is 29.4. The summed E-state index contributed by atoms with van der Waals surface area (Å²) in [6.45, 7) is 3.99. The molecule has 0 bridgehead atoms. The topological polar surface area (TPSA) is 89.9 Å². The van der Waals surface area contributed by atoms with Crippen molar-refractivity contribution in [3.63, 3.8) is 0 Å². The van der Waals surface area contributed by atoms with Gasteiger partial charge < -0.3 is 14.6 Å². The van der Waals surface area contributed by atoms with Crippen LogP contribution in [0.4, 0.5) is 0 Å². The number of rotatable bonds is 34. The molecule has 0 aliphatic heterocycles. The van der Waals surface area contributed by atoms with Crippen molar-refractivity contribution in [2.75, 3.05) is 13.2 Å². The third kappa shape index (κ3) is 33.2. The molecule has 0 rings (SSSR count). The SMILES string of the molecule is CCCCC/C=C\C=C\C(=O)CCCCCCCC(=O)O[C@@H](CO)COC(=O)CCCCCCCCCCCCCCCCC. The lowest BCUT2D eigenvalue weighted by molar-refractivity contribution is -0.161. The Labute approximate surface area is 277 Å². The highest BCUT2D eigenvalue weighted by Gasteiger charge is 2.16. The van der Waals surface area contributed by atoms with Crippen molar-refractivity contribution >= 4 is 17.7 Å². The van der Waals surface area contributed by atoms with Gasteiger partial charge in [-0.3, -0.25) is 14.4 Å². The fraction of sp³-hybridized carbons (Fsp3) is 0.821. The van der Waals surface area contributed by atoms with Crippen LogP contribution in [0.3, 0.4) is 0 Å². The molecule has 0 unspecified atom stereocenters. The molecule has 0 aliphatic rings. The third-order valence-corrected chi connectivity index (χ3v) is 8.22. The number of hydrogen-bond donors (Lipinski definition) is 1. The lowest BCUT2D eigenvalue weighted by Crippen LogP contribution is -2.28. The van der Waals surface area contributed by atoms with Gasteiger partial charge >= 0.3 is 11.9 Å². The fourth-order valence-electron chi connectivity index (χ4n) is 5.30. The smallest absolute Gasteiger partial charge is 0.306 e. The van der Waals surface area contributed by atoms with Gasteiger partial charge in [0.05, 0.1) is 6.61 Å². The second-order valence-corrected chi connectivity index (χ2v) is 12.7. The first kappa shape index (κ1) is 43.0. The summed E-state index contributed by atoms with van der Waals surface area (Å²) in [5, 5.41) is 9.53. The predicted molar refractivity (Wildman–Crippen MR) is 187 cm³/mol. The van der Waals surface area contributed by atoms with Crippen molar-refractivity contribution in [3.05, 3.63) is 24.3 Å². The quantitative estimate of drug-likeness (QED) is 0.0328. The van der Waals surface area contributed by atoms with Gasteiger partial charge in [-0.1, -0.05) is 154 Å². The Morgan fingerprint density at radius 2 is 1.00 bits per heavy atom. The van der Waals surface area contributed by atoms with E-state index in [0.29, 0.717) is 19.3 Å². The molecule has 6 nitrogen and oxygen atoms in total. The van der Waals surface area contributed by atoms with Crippen LogP contribution in [0.2, 0.25) is 0 Å². The van der Waals surface area contributed by atoms with Crippen LogP contribution in [0.25, 0.3) is 0 Å². The van der Waals surface area contributed by atoms with Crippen LogP contribution in [0.15, 0.2) is 24.3 Å². The van der Waals surface area contributed by atoms with Gasteiger partial charge in [0.2, 0.25) is 0 Å². The summed E-state index contributed by atoms with van der Waals surface area (Å²) < 4.78 is 10.5. The molecular weight excluding hydrogens is 564 g/mol. The number of aliphatic hydroxyl groups excluding tert-OH is 1. The zero-order valence-corrected chi connectivity index (χ0v) is 29.4. The van der Waals surface area contributed by atoms with Crippen LogP contribution in [0.1, 0.15) is 187 Å². The molecule has 0 aliphatic carbocycles. The van der Waals surface area contributed by atoms with E-state index >= 15 is 0 Å². The number of ketones is 1. The first-order valence-electron chi connectivity index (χ1n) is 18.8. The molecule has 0 amide bonds. The molecule has 1 N–H and O–H groups in total. The van der Waals surface area contributed by atoms with Gasteiger partial charge in [0.1, 0.15) is 6.61 Å². The lowest BCUT2D eigenvalue weighted by Gasteiger charge is -2.15. The minimum absolute atomic E-state index is 0.100. The van der Waals surface area contributed by atoms with E-state index in [-0.39, 0.29) is 37.4 Å². The number of carbonyl (C=O) groups is 3. The molecule has 1 atom stereocenters.